The summed E-state index contributed by atoms with van der Waals surface area (Å²) in [6, 6.07) is 13.7. The van der Waals surface area contributed by atoms with E-state index >= 15 is 0 Å². The third kappa shape index (κ3) is 3.48. The fourth-order valence-electron chi connectivity index (χ4n) is 1.90. The van der Waals surface area contributed by atoms with Crippen LogP contribution in [0.1, 0.15) is 11.8 Å². The van der Waals surface area contributed by atoms with E-state index in [9.17, 15) is 4.79 Å². The smallest absolute Gasteiger partial charge is 0.332 e. The molecule has 1 heterocycles. The molecular weight excluding hydrogens is 300 g/mol. The summed E-state index contributed by atoms with van der Waals surface area (Å²) in [5, 5.41) is 1.95. The Hall–Kier alpha value is -1.74. The Kier molecular flexibility index (Phi) is 5.45. The quantitative estimate of drug-likeness (QED) is 0.441. The second kappa shape index (κ2) is 7.32. The zero-order valence-electron chi connectivity index (χ0n) is 11.7. The number of carbonyl (C=O) groups excluding carboxylic acids is 1. The summed E-state index contributed by atoms with van der Waals surface area (Å²) in [4.78, 5) is 14.5. The molecule has 2 aromatic rings. The van der Waals surface area contributed by atoms with Crippen molar-refractivity contribution in [2.24, 2.45) is 0 Å². The van der Waals surface area contributed by atoms with Crippen LogP contribution >= 0.6 is 23.1 Å². The monoisotopic (exact) mass is 316 g/mol. The molecule has 0 spiro atoms. The van der Waals surface area contributed by atoms with E-state index < -0.39 is 4.75 Å². The van der Waals surface area contributed by atoms with E-state index in [1.54, 1.807) is 6.08 Å². The fraction of sp³-hybridized carbons (Fsp3) is 0.176. The van der Waals surface area contributed by atoms with Crippen LogP contribution < -0.4 is 0 Å². The molecule has 1 unspecified atom stereocenters. The molecule has 2 rings (SSSR count). The van der Waals surface area contributed by atoms with Crippen molar-refractivity contribution >= 4 is 29.1 Å². The Morgan fingerprint density at radius 2 is 2.14 bits per heavy atom. The van der Waals surface area contributed by atoms with Gasteiger partial charge in [0.25, 0.3) is 0 Å². The largest absolute Gasteiger partial charge is 0.464 e. The molecule has 0 bridgehead atoms. The van der Waals surface area contributed by atoms with Gasteiger partial charge >= 0.3 is 5.97 Å². The highest BCUT2D eigenvalue weighted by molar-refractivity contribution is 8.01. The second-order valence-corrected chi connectivity index (χ2v) is 6.46. The van der Waals surface area contributed by atoms with E-state index in [0.29, 0.717) is 6.61 Å². The third-order valence-electron chi connectivity index (χ3n) is 2.79. The molecule has 0 saturated heterocycles. The maximum absolute atomic E-state index is 12.6. The molecule has 1 aromatic heterocycles. The van der Waals surface area contributed by atoms with E-state index in [2.05, 4.69) is 12.3 Å². The lowest BCUT2D eigenvalue weighted by molar-refractivity contribution is -0.144. The van der Waals surface area contributed by atoms with Crippen molar-refractivity contribution in [2.45, 2.75) is 16.6 Å². The first-order chi connectivity index (χ1) is 10.2. The molecule has 4 heteroatoms. The summed E-state index contributed by atoms with van der Waals surface area (Å²) in [6.45, 7) is 5.79. The molecule has 1 atom stereocenters. The average molecular weight is 316 g/mol. The Morgan fingerprint density at radius 1 is 1.38 bits per heavy atom. The molecule has 2 nitrogen and oxygen atoms in total. The minimum atomic E-state index is -0.937. The maximum Gasteiger partial charge on any atom is 0.332 e. The normalized spacial score (nSPS) is 13.0. The SMILES string of the molecule is C=C=CC(Sc1ccccc1)(C(=O)OCC)c1cccs1. The summed E-state index contributed by atoms with van der Waals surface area (Å²) >= 11 is 2.97. The third-order valence-corrected chi connectivity index (χ3v) is 5.26. The van der Waals surface area contributed by atoms with E-state index in [1.165, 1.54) is 23.1 Å². The highest BCUT2D eigenvalue weighted by Crippen LogP contribution is 2.45. The van der Waals surface area contributed by atoms with Crippen LogP contribution in [0.3, 0.4) is 0 Å². The molecule has 0 saturated carbocycles. The zero-order chi connectivity index (χ0) is 15.1. The van der Waals surface area contributed by atoms with Crippen molar-refractivity contribution in [1.82, 2.24) is 0 Å². The number of rotatable bonds is 6. The van der Waals surface area contributed by atoms with Crippen molar-refractivity contribution in [3.8, 4) is 0 Å². The number of thioether (sulfide) groups is 1. The Bertz CT molecular complexity index is 628. The van der Waals surface area contributed by atoms with Gasteiger partial charge in [-0.1, -0.05) is 42.6 Å². The molecule has 0 radical (unpaired) electrons. The molecule has 0 aliphatic rings. The predicted octanol–water partition coefficient (Wildman–Crippen LogP) is 4.64. The predicted molar refractivity (Wildman–Crippen MR) is 88.6 cm³/mol. The number of hydrogen-bond donors (Lipinski definition) is 0. The van der Waals surface area contributed by atoms with Gasteiger partial charge in [0.15, 0.2) is 4.75 Å². The van der Waals surface area contributed by atoms with Crippen LogP contribution in [0.4, 0.5) is 0 Å². The Morgan fingerprint density at radius 3 is 2.71 bits per heavy atom. The summed E-state index contributed by atoms with van der Waals surface area (Å²) in [5.74, 6) is -0.294. The van der Waals surface area contributed by atoms with Crippen LogP contribution in [-0.4, -0.2) is 12.6 Å². The molecule has 1 aromatic carbocycles. The Labute approximate surface area is 133 Å². The molecule has 0 N–H and O–H groups in total. The number of hydrogen-bond acceptors (Lipinski definition) is 4. The van der Waals surface area contributed by atoms with Gasteiger partial charge in [-0.3, -0.25) is 0 Å². The highest BCUT2D eigenvalue weighted by atomic mass is 32.2. The van der Waals surface area contributed by atoms with Gasteiger partial charge in [-0.05, 0) is 36.6 Å². The van der Waals surface area contributed by atoms with E-state index in [4.69, 9.17) is 4.74 Å². The lowest BCUT2D eigenvalue weighted by Gasteiger charge is -2.26. The second-order valence-electron chi connectivity index (χ2n) is 4.20. The minimum Gasteiger partial charge on any atom is -0.464 e. The lowest BCUT2D eigenvalue weighted by atomic mass is 10.1. The summed E-state index contributed by atoms with van der Waals surface area (Å²) in [5.41, 5.74) is 2.77. The summed E-state index contributed by atoms with van der Waals surface area (Å²) in [7, 11) is 0. The first kappa shape index (κ1) is 15.6. The minimum absolute atomic E-state index is 0.294. The highest BCUT2D eigenvalue weighted by Gasteiger charge is 2.42. The van der Waals surface area contributed by atoms with Crippen molar-refractivity contribution in [2.75, 3.05) is 6.61 Å². The number of ether oxygens (including phenoxy) is 1. The fourth-order valence-corrected chi connectivity index (χ4v) is 4.06. The molecular formula is C17H16O2S2. The van der Waals surface area contributed by atoms with E-state index in [1.807, 2.05) is 54.8 Å². The molecule has 0 fully saturated rings. The van der Waals surface area contributed by atoms with Gasteiger partial charge in [0.2, 0.25) is 0 Å². The van der Waals surface area contributed by atoms with Gasteiger partial charge in [0.1, 0.15) is 0 Å². The van der Waals surface area contributed by atoms with Gasteiger partial charge in [0, 0.05) is 9.77 Å². The molecule has 21 heavy (non-hydrogen) atoms. The van der Waals surface area contributed by atoms with E-state index in [0.717, 1.165) is 9.77 Å². The number of carbonyl (C=O) groups is 1. The van der Waals surface area contributed by atoms with Crippen molar-refractivity contribution in [3.63, 3.8) is 0 Å². The number of esters is 1. The van der Waals surface area contributed by atoms with Gasteiger partial charge in [-0.2, -0.15) is 0 Å². The molecule has 0 amide bonds. The summed E-state index contributed by atoms with van der Waals surface area (Å²) in [6.07, 6.45) is 1.69. The lowest BCUT2D eigenvalue weighted by Crippen LogP contribution is -2.31. The number of benzene rings is 1. The van der Waals surface area contributed by atoms with Crippen molar-refractivity contribution < 1.29 is 9.53 Å². The van der Waals surface area contributed by atoms with Crippen LogP contribution in [0.2, 0.25) is 0 Å². The molecule has 0 aliphatic carbocycles. The van der Waals surface area contributed by atoms with Crippen molar-refractivity contribution in [3.05, 3.63) is 71.1 Å². The van der Waals surface area contributed by atoms with Gasteiger partial charge in [-0.15, -0.1) is 17.1 Å². The van der Waals surface area contributed by atoms with Crippen LogP contribution in [-0.2, 0) is 14.3 Å². The average Bonchev–Trinajstić information content (AvgIpc) is 3.02. The zero-order valence-corrected chi connectivity index (χ0v) is 13.4. The van der Waals surface area contributed by atoms with Gasteiger partial charge in [0.05, 0.1) is 6.61 Å². The van der Waals surface area contributed by atoms with Crippen molar-refractivity contribution in [1.29, 1.82) is 0 Å². The van der Waals surface area contributed by atoms with E-state index in [-0.39, 0.29) is 5.97 Å². The first-order valence-electron chi connectivity index (χ1n) is 6.55. The maximum atomic E-state index is 12.6. The summed E-state index contributed by atoms with van der Waals surface area (Å²) < 4.78 is 4.37. The van der Waals surface area contributed by atoms with Crippen LogP contribution in [0.25, 0.3) is 0 Å². The van der Waals surface area contributed by atoms with Crippen LogP contribution in [0.5, 0.6) is 0 Å². The van der Waals surface area contributed by atoms with Crippen LogP contribution in [0.15, 0.2) is 71.1 Å². The molecule has 108 valence electrons. The topological polar surface area (TPSA) is 26.3 Å². The van der Waals surface area contributed by atoms with Gasteiger partial charge < -0.3 is 4.74 Å². The van der Waals surface area contributed by atoms with Gasteiger partial charge in [-0.25, -0.2) is 4.79 Å². The Balaban J connectivity index is 2.50. The standard InChI is InChI=1S/C17H16O2S2/c1-3-12-17(16(18)19-4-2,15-11-8-13-20-15)21-14-9-6-5-7-10-14/h5-13H,1,4H2,2H3. The number of thiophene rings is 1. The first-order valence-corrected chi connectivity index (χ1v) is 8.25. The van der Waals surface area contributed by atoms with Crippen LogP contribution in [0, 0.1) is 0 Å². The molecule has 0 aliphatic heterocycles.